The van der Waals surface area contributed by atoms with E-state index >= 15 is 0 Å². The Kier molecular flexibility index (Phi) is 8.39. The average Bonchev–Trinajstić information content (AvgIpc) is 3.23. The molecule has 1 aliphatic rings. The number of hydrogen-bond donors (Lipinski definition) is 3. The normalized spacial score (nSPS) is 17.1. The number of benzene rings is 2. The van der Waals surface area contributed by atoms with E-state index in [9.17, 15) is 22.4 Å². The van der Waals surface area contributed by atoms with Crippen LogP contribution in [0.5, 0.6) is 0 Å². The van der Waals surface area contributed by atoms with Crippen molar-refractivity contribution in [2.45, 2.75) is 30.0 Å². The van der Waals surface area contributed by atoms with Crippen LogP contribution in [0, 0.1) is 11.2 Å². The maximum Gasteiger partial charge on any atom is 0.416 e. The Morgan fingerprint density at radius 1 is 1.18 bits per heavy atom. The van der Waals surface area contributed by atoms with Crippen LogP contribution in [-0.2, 0) is 11.0 Å². The molecule has 0 aliphatic carbocycles. The van der Waals surface area contributed by atoms with Gasteiger partial charge in [0.25, 0.3) is 0 Å². The third-order valence-corrected chi connectivity index (χ3v) is 6.30. The fourth-order valence-electron chi connectivity index (χ4n) is 3.16. The van der Waals surface area contributed by atoms with Crippen LogP contribution < -0.4 is 10.6 Å². The number of alkyl halides is 3. The lowest BCUT2D eigenvalue weighted by Gasteiger charge is -2.22. The molecule has 1 saturated heterocycles. The summed E-state index contributed by atoms with van der Waals surface area (Å²) in [6.07, 6.45) is -1.57. The fourth-order valence-corrected chi connectivity index (χ4v) is 4.36. The first-order valence-electron chi connectivity index (χ1n) is 9.98. The molecule has 1 fully saturated rings. The molecule has 1 aliphatic heterocycles. The molecule has 1 atom stereocenters. The second-order valence-corrected chi connectivity index (χ2v) is 8.77. The Labute approximate surface area is 197 Å². The van der Waals surface area contributed by atoms with Gasteiger partial charge in [0.15, 0.2) is 0 Å². The lowest BCUT2D eigenvalue weighted by molar-refractivity contribution is -0.137. The number of hydrogen-bond acceptors (Lipinski definition) is 5. The molecule has 5 nitrogen and oxygen atoms in total. The Bertz CT molecular complexity index is 1010. The maximum absolute atomic E-state index is 13.1. The van der Waals surface area contributed by atoms with Gasteiger partial charge < -0.3 is 10.6 Å². The van der Waals surface area contributed by atoms with E-state index in [1.807, 2.05) is 4.31 Å². The molecule has 3 rings (SSSR count). The van der Waals surface area contributed by atoms with Crippen molar-refractivity contribution in [1.29, 1.82) is 5.41 Å². The Morgan fingerprint density at radius 2 is 1.85 bits per heavy atom. The van der Waals surface area contributed by atoms with E-state index in [1.165, 1.54) is 42.4 Å². The van der Waals surface area contributed by atoms with E-state index in [1.54, 1.807) is 12.1 Å². The predicted octanol–water partition coefficient (Wildman–Crippen LogP) is 5.64. The summed E-state index contributed by atoms with van der Waals surface area (Å²) in [5, 5.41) is 13.0. The minimum absolute atomic E-state index is 0.0274. The van der Waals surface area contributed by atoms with Crippen LogP contribution in [-0.4, -0.2) is 34.5 Å². The van der Waals surface area contributed by atoms with Crippen molar-refractivity contribution in [3.05, 3.63) is 71.7 Å². The Morgan fingerprint density at radius 3 is 2.45 bits per heavy atom. The van der Waals surface area contributed by atoms with Crippen molar-refractivity contribution in [2.24, 2.45) is 0 Å². The van der Waals surface area contributed by atoms with Gasteiger partial charge in [-0.15, -0.1) is 0 Å². The topological polar surface area (TPSA) is 68.2 Å². The van der Waals surface area contributed by atoms with Crippen LogP contribution in [0.25, 0.3) is 0 Å². The second-order valence-electron chi connectivity index (χ2n) is 7.26. The number of carbonyl (C=O) groups excluding carboxylic acids is 1. The number of rotatable bonds is 8. The van der Waals surface area contributed by atoms with Gasteiger partial charge in [0.05, 0.1) is 11.6 Å². The second kappa shape index (κ2) is 11.0. The van der Waals surface area contributed by atoms with Crippen LogP contribution in [0.15, 0.2) is 65.2 Å². The summed E-state index contributed by atoms with van der Waals surface area (Å²) in [5.74, 6) is -0.566. The van der Waals surface area contributed by atoms with Gasteiger partial charge in [-0.05, 0) is 73.3 Å². The molecule has 3 N–H and O–H groups in total. The van der Waals surface area contributed by atoms with E-state index < -0.39 is 17.8 Å². The molecule has 33 heavy (non-hydrogen) atoms. The molecule has 0 aromatic heterocycles. The maximum atomic E-state index is 13.1. The highest BCUT2D eigenvalue weighted by molar-refractivity contribution is 7.97. The quantitative estimate of drug-likeness (QED) is 0.249. The Hall–Kier alpha value is -2.56. The van der Waals surface area contributed by atoms with Crippen molar-refractivity contribution in [2.75, 3.05) is 18.4 Å². The third-order valence-electron chi connectivity index (χ3n) is 4.90. The molecule has 0 saturated carbocycles. The summed E-state index contributed by atoms with van der Waals surface area (Å²) >= 11 is 7.19. The molecular formula is C22H21ClF4N4OS. The summed E-state index contributed by atoms with van der Waals surface area (Å²) in [6.45, 7) is 0.671. The average molecular weight is 501 g/mol. The summed E-state index contributed by atoms with van der Waals surface area (Å²) in [7, 11) is 0. The molecule has 2 aromatic rings. The van der Waals surface area contributed by atoms with Crippen LogP contribution in [0.3, 0.4) is 0 Å². The molecule has 0 bridgehead atoms. The van der Waals surface area contributed by atoms with E-state index in [2.05, 4.69) is 10.6 Å². The highest BCUT2D eigenvalue weighted by atomic mass is 35.5. The van der Waals surface area contributed by atoms with Gasteiger partial charge in [0.2, 0.25) is 5.91 Å². The Balaban J connectivity index is 1.57. The molecule has 2 aromatic carbocycles. The van der Waals surface area contributed by atoms with Gasteiger partial charge in [0.1, 0.15) is 11.0 Å². The highest BCUT2D eigenvalue weighted by Gasteiger charge is 2.32. The first-order valence-corrected chi connectivity index (χ1v) is 11.1. The smallest absolute Gasteiger partial charge is 0.361 e. The van der Waals surface area contributed by atoms with Crippen molar-refractivity contribution in [1.82, 2.24) is 9.62 Å². The highest BCUT2D eigenvalue weighted by Crippen LogP contribution is 2.31. The summed E-state index contributed by atoms with van der Waals surface area (Å²) in [4.78, 5) is 13.6. The van der Waals surface area contributed by atoms with Gasteiger partial charge >= 0.3 is 6.18 Å². The summed E-state index contributed by atoms with van der Waals surface area (Å²) in [5.41, 5.74) is -0.128. The van der Waals surface area contributed by atoms with Crippen LogP contribution in [0.2, 0.25) is 0 Å². The third kappa shape index (κ3) is 7.21. The molecular weight excluding hydrogens is 480 g/mol. The summed E-state index contributed by atoms with van der Waals surface area (Å²) < 4.78 is 53.1. The SMILES string of the molecule is N=C(Cl)/C(=C\Nc1ccc(C(F)(F)F)cc1)CNC(=O)C1CCCN1Sc1ccc(F)cc1. The van der Waals surface area contributed by atoms with Crippen LogP contribution >= 0.6 is 23.5 Å². The molecule has 11 heteroatoms. The number of amides is 1. The fraction of sp³-hybridized carbons (Fsp3) is 0.273. The predicted molar refractivity (Wildman–Crippen MR) is 122 cm³/mol. The van der Waals surface area contributed by atoms with Crippen LogP contribution in [0.1, 0.15) is 18.4 Å². The van der Waals surface area contributed by atoms with Gasteiger partial charge in [-0.2, -0.15) is 13.2 Å². The summed E-state index contributed by atoms with van der Waals surface area (Å²) in [6, 6.07) is 10.0. The zero-order chi connectivity index (χ0) is 24.0. The standard InChI is InChI=1S/C22H21ClF4N4OS/c23-20(28)14(12-29-17-7-3-15(4-8-17)22(25,26)27)13-30-21(32)19-2-1-11-31(19)33-18-9-5-16(24)6-10-18/h3-10,12,19,28-29H,1-2,11,13H2,(H,30,32)/b14-12-,28-20?. The molecule has 1 amide bonds. The number of anilines is 1. The molecule has 1 unspecified atom stereocenters. The lowest BCUT2D eigenvalue weighted by atomic mass is 10.2. The lowest BCUT2D eigenvalue weighted by Crippen LogP contribution is -2.41. The zero-order valence-electron chi connectivity index (χ0n) is 17.3. The van der Waals surface area contributed by atoms with E-state index in [0.29, 0.717) is 18.7 Å². The number of nitrogens with one attached hydrogen (secondary N) is 3. The van der Waals surface area contributed by atoms with E-state index in [-0.39, 0.29) is 29.0 Å². The molecule has 176 valence electrons. The zero-order valence-corrected chi connectivity index (χ0v) is 18.8. The van der Waals surface area contributed by atoms with Crippen molar-refractivity contribution in [3.63, 3.8) is 0 Å². The monoisotopic (exact) mass is 500 g/mol. The van der Waals surface area contributed by atoms with Crippen molar-refractivity contribution >= 4 is 40.3 Å². The van der Waals surface area contributed by atoms with Gasteiger partial charge in [-0.1, -0.05) is 11.6 Å². The first-order chi connectivity index (χ1) is 15.6. The van der Waals surface area contributed by atoms with Crippen LogP contribution in [0.4, 0.5) is 23.2 Å². The van der Waals surface area contributed by atoms with E-state index in [4.69, 9.17) is 17.0 Å². The van der Waals surface area contributed by atoms with Gasteiger partial charge in [-0.3, -0.25) is 10.2 Å². The van der Waals surface area contributed by atoms with Crippen molar-refractivity contribution in [3.8, 4) is 0 Å². The van der Waals surface area contributed by atoms with E-state index in [0.717, 1.165) is 23.4 Å². The minimum Gasteiger partial charge on any atom is -0.361 e. The largest absolute Gasteiger partial charge is 0.416 e. The number of nitrogens with zero attached hydrogens (tertiary/aromatic N) is 1. The number of carbonyl (C=O) groups is 1. The molecule has 0 spiro atoms. The molecule has 1 heterocycles. The first kappa shape index (κ1) is 25.1. The molecule has 0 radical (unpaired) electrons. The number of halogens is 5. The van der Waals surface area contributed by atoms with Gasteiger partial charge in [0, 0.05) is 35.4 Å². The van der Waals surface area contributed by atoms with Crippen molar-refractivity contribution < 1.29 is 22.4 Å². The van der Waals surface area contributed by atoms with Gasteiger partial charge in [-0.25, -0.2) is 8.70 Å². The minimum atomic E-state index is -4.43.